The molecule has 0 radical (unpaired) electrons. The SMILES string of the molecule is C/C(=N\Nc1nc(-c2ccc(C#N)cc2)cs1)c1cccs1. The van der Waals surface area contributed by atoms with Gasteiger partial charge >= 0.3 is 0 Å². The number of hydrazone groups is 1. The van der Waals surface area contributed by atoms with Crippen LogP contribution in [0.1, 0.15) is 17.4 Å². The lowest BCUT2D eigenvalue weighted by molar-refractivity contribution is 1.27. The summed E-state index contributed by atoms with van der Waals surface area (Å²) >= 11 is 3.16. The fourth-order valence-corrected chi connectivity index (χ4v) is 3.18. The number of anilines is 1. The maximum Gasteiger partial charge on any atom is 0.203 e. The van der Waals surface area contributed by atoms with E-state index in [4.69, 9.17) is 5.26 Å². The lowest BCUT2D eigenvalue weighted by atomic mass is 10.1. The van der Waals surface area contributed by atoms with Gasteiger partial charge in [0.05, 0.1) is 23.0 Å². The van der Waals surface area contributed by atoms with E-state index < -0.39 is 0 Å². The first kappa shape index (κ1) is 14.4. The van der Waals surface area contributed by atoms with Crippen molar-refractivity contribution in [2.24, 2.45) is 5.10 Å². The van der Waals surface area contributed by atoms with E-state index in [2.05, 4.69) is 21.6 Å². The molecule has 6 heteroatoms. The van der Waals surface area contributed by atoms with Crippen molar-refractivity contribution in [1.29, 1.82) is 5.26 Å². The third-order valence-corrected chi connectivity index (χ3v) is 4.74. The molecule has 0 aliphatic rings. The van der Waals surface area contributed by atoms with E-state index in [9.17, 15) is 0 Å². The van der Waals surface area contributed by atoms with Crippen LogP contribution in [0.25, 0.3) is 11.3 Å². The molecule has 2 aromatic heterocycles. The Morgan fingerprint density at radius 2 is 2.05 bits per heavy atom. The Hall–Kier alpha value is -2.49. The molecule has 0 bridgehead atoms. The summed E-state index contributed by atoms with van der Waals surface area (Å²) < 4.78 is 0. The van der Waals surface area contributed by atoms with Crippen molar-refractivity contribution in [3.63, 3.8) is 0 Å². The van der Waals surface area contributed by atoms with Crippen LogP contribution in [0.3, 0.4) is 0 Å². The highest BCUT2D eigenvalue weighted by molar-refractivity contribution is 7.14. The van der Waals surface area contributed by atoms with Crippen molar-refractivity contribution in [3.05, 3.63) is 57.6 Å². The molecule has 108 valence electrons. The minimum Gasteiger partial charge on any atom is -0.252 e. The minimum absolute atomic E-state index is 0.647. The van der Waals surface area contributed by atoms with Gasteiger partial charge in [0, 0.05) is 15.8 Å². The number of nitrogens with zero attached hydrogens (tertiary/aromatic N) is 3. The Kier molecular flexibility index (Phi) is 4.28. The summed E-state index contributed by atoms with van der Waals surface area (Å²) in [5.74, 6) is 0. The predicted molar refractivity (Wildman–Crippen MR) is 92.4 cm³/mol. The van der Waals surface area contributed by atoms with Crippen LogP contribution < -0.4 is 5.43 Å². The van der Waals surface area contributed by atoms with E-state index >= 15 is 0 Å². The smallest absolute Gasteiger partial charge is 0.203 e. The standard InChI is InChI=1S/C16H12N4S2/c1-11(15-3-2-8-21-15)19-20-16-18-14(10-22-16)13-6-4-12(9-17)5-7-13/h2-8,10H,1H3,(H,18,20)/b19-11+. The molecule has 0 saturated carbocycles. The fourth-order valence-electron chi connectivity index (χ4n) is 1.84. The van der Waals surface area contributed by atoms with Gasteiger partial charge in [0.1, 0.15) is 0 Å². The molecule has 1 aromatic carbocycles. The molecule has 22 heavy (non-hydrogen) atoms. The lowest BCUT2D eigenvalue weighted by Crippen LogP contribution is -1.96. The molecule has 0 unspecified atom stereocenters. The van der Waals surface area contributed by atoms with Crippen LogP contribution in [0.5, 0.6) is 0 Å². The number of thiazole rings is 1. The summed E-state index contributed by atoms with van der Waals surface area (Å²) in [4.78, 5) is 5.65. The Labute approximate surface area is 136 Å². The molecular formula is C16H12N4S2. The van der Waals surface area contributed by atoms with E-state index in [0.717, 1.165) is 27.0 Å². The second kappa shape index (κ2) is 6.52. The molecule has 4 nitrogen and oxygen atoms in total. The lowest BCUT2D eigenvalue weighted by Gasteiger charge is -1.98. The maximum atomic E-state index is 8.82. The Bertz CT molecular complexity index is 824. The molecule has 0 aliphatic heterocycles. The van der Waals surface area contributed by atoms with Crippen molar-refractivity contribution < 1.29 is 0 Å². The van der Waals surface area contributed by atoms with Crippen molar-refractivity contribution in [1.82, 2.24) is 4.98 Å². The molecule has 0 aliphatic carbocycles. The van der Waals surface area contributed by atoms with Crippen LogP contribution in [0.2, 0.25) is 0 Å². The summed E-state index contributed by atoms with van der Waals surface area (Å²) in [5.41, 5.74) is 6.44. The highest BCUT2D eigenvalue weighted by Crippen LogP contribution is 2.25. The predicted octanol–water partition coefficient (Wildman–Crippen LogP) is 4.58. The third kappa shape index (κ3) is 3.22. The Morgan fingerprint density at radius 1 is 1.23 bits per heavy atom. The van der Waals surface area contributed by atoms with E-state index in [1.54, 1.807) is 23.5 Å². The van der Waals surface area contributed by atoms with Crippen molar-refractivity contribution in [3.8, 4) is 17.3 Å². The van der Waals surface area contributed by atoms with E-state index in [0.29, 0.717) is 5.56 Å². The number of hydrogen-bond donors (Lipinski definition) is 1. The highest BCUT2D eigenvalue weighted by atomic mass is 32.1. The van der Waals surface area contributed by atoms with E-state index in [-0.39, 0.29) is 0 Å². The largest absolute Gasteiger partial charge is 0.252 e. The summed E-state index contributed by atoms with van der Waals surface area (Å²) in [6.45, 7) is 1.97. The highest BCUT2D eigenvalue weighted by Gasteiger charge is 2.05. The van der Waals surface area contributed by atoms with E-state index in [1.165, 1.54) is 11.3 Å². The quantitative estimate of drug-likeness (QED) is 0.564. The van der Waals surface area contributed by atoms with Crippen LogP contribution in [-0.4, -0.2) is 10.7 Å². The summed E-state index contributed by atoms with van der Waals surface area (Å²) in [7, 11) is 0. The Morgan fingerprint density at radius 3 is 2.73 bits per heavy atom. The van der Waals surface area contributed by atoms with E-state index in [1.807, 2.05) is 41.9 Å². The van der Waals surface area contributed by atoms with Gasteiger partial charge in [-0.1, -0.05) is 18.2 Å². The van der Waals surface area contributed by atoms with Crippen LogP contribution in [-0.2, 0) is 0 Å². The van der Waals surface area contributed by atoms with Gasteiger partial charge < -0.3 is 0 Å². The molecule has 3 aromatic rings. The first-order valence-corrected chi connectivity index (χ1v) is 8.32. The first-order valence-electron chi connectivity index (χ1n) is 6.56. The zero-order valence-corrected chi connectivity index (χ0v) is 13.4. The van der Waals surface area contributed by atoms with Gasteiger partial charge in [-0.3, -0.25) is 5.43 Å². The number of hydrogen-bond acceptors (Lipinski definition) is 6. The van der Waals surface area contributed by atoms with Crippen molar-refractivity contribution in [2.75, 3.05) is 5.43 Å². The maximum absolute atomic E-state index is 8.82. The topological polar surface area (TPSA) is 61.1 Å². The number of rotatable bonds is 4. The number of benzene rings is 1. The van der Waals surface area contributed by atoms with Crippen molar-refractivity contribution >= 4 is 33.5 Å². The summed E-state index contributed by atoms with van der Waals surface area (Å²) in [6, 6.07) is 13.5. The van der Waals surface area contributed by atoms with Gasteiger partial charge in [0.25, 0.3) is 0 Å². The summed E-state index contributed by atoms with van der Waals surface area (Å²) in [5, 5.41) is 17.9. The van der Waals surface area contributed by atoms with Crippen LogP contribution in [0.4, 0.5) is 5.13 Å². The van der Waals surface area contributed by atoms with Crippen molar-refractivity contribution in [2.45, 2.75) is 6.92 Å². The molecule has 3 rings (SSSR count). The molecule has 0 saturated heterocycles. The first-order chi connectivity index (χ1) is 10.8. The number of nitrogens with one attached hydrogen (secondary N) is 1. The average molecular weight is 324 g/mol. The van der Waals surface area contributed by atoms with Gasteiger partial charge in [0.2, 0.25) is 5.13 Å². The molecule has 0 atom stereocenters. The number of aromatic nitrogens is 1. The minimum atomic E-state index is 0.647. The third-order valence-electron chi connectivity index (χ3n) is 3.01. The zero-order chi connectivity index (χ0) is 15.4. The van der Waals surface area contributed by atoms with Gasteiger partial charge in [-0.2, -0.15) is 10.4 Å². The molecule has 1 N–H and O–H groups in total. The van der Waals surface area contributed by atoms with Gasteiger partial charge in [-0.15, -0.1) is 22.7 Å². The molecule has 0 fully saturated rings. The second-order valence-corrected chi connectivity index (χ2v) is 6.32. The number of thiophene rings is 1. The van der Waals surface area contributed by atoms with Crippen LogP contribution in [0, 0.1) is 11.3 Å². The molecule has 0 spiro atoms. The number of nitriles is 1. The fraction of sp³-hybridized carbons (Fsp3) is 0.0625. The van der Waals surface area contributed by atoms with Crippen LogP contribution >= 0.6 is 22.7 Å². The monoisotopic (exact) mass is 324 g/mol. The summed E-state index contributed by atoms with van der Waals surface area (Å²) in [6.07, 6.45) is 0. The molecule has 0 amide bonds. The van der Waals surface area contributed by atoms with Gasteiger partial charge in [-0.05, 0) is 30.5 Å². The van der Waals surface area contributed by atoms with Crippen LogP contribution in [0.15, 0.2) is 52.3 Å². The second-order valence-electron chi connectivity index (χ2n) is 4.51. The zero-order valence-electron chi connectivity index (χ0n) is 11.8. The normalized spacial score (nSPS) is 11.2. The van der Waals surface area contributed by atoms with Gasteiger partial charge in [0.15, 0.2) is 0 Å². The molecular weight excluding hydrogens is 312 g/mol. The molecule has 2 heterocycles. The average Bonchev–Trinajstić information content (AvgIpc) is 3.24. The van der Waals surface area contributed by atoms with Gasteiger partial charge in [-0.25, -0.2) is 4.98 Å². The Balaban J connectivity index is 1.73.